The maximum absolute atomic E-state index is 12.3. The molecular weight excluding hydrogens is 374 g/mol. The van der Waals surface area contributed by atoms with Gasteiger partial charge in [-0.3, -0.25) is 9.59 Å². The predicted molar refractivity (Wildman–Crippen MR) is 111 cm³/mol. The Hall–Kier alpha value is -3.19. The van der Waals surface area contributed by atoms with Crippen LogP contribution < -0.4 is 15.4 Å². The third-order valence-electron chi connectivity index (χ3n) is 4.36. The van der Waals surface area contributed by atoms with Crippen molar-refractivity contribution in [1.82, 2.24) is 10.3 Å². The molecule has 0 bridgehead atoms. The number of amides is 2. The van der Waals surface area contributed by atoms with E-state index in [0.29, 0.717) is 0 Å². The Morgan fingerprint density at radius 3 is 2.57 bits per heavy atom. The van der Waals surface area contributed by atoms with Crippen molar-refractivity contribution in [3.63, 3.8) is 0 Å². The summed E-state index contributed by atoms with van der Waals surface area (Å²) in [5, 5.41) is 7.83. The Morgan fingerprint density at radius 1 is 1.11 bits per heavy atom. The molecule has 0 aliphatic heterocycles. The van der Waals surface area contributed by atoms with E-state index in [4.69, 9.17) is 4.74 Å². The second-order valence-electron chi connectivity index (χ2n) is 6.24. The van der Waals surface area contributed by atoms with Crippen LogP contribution >= 0.6 is 11.3 Å². The van der Waals surface area contributed by atoms with Crippen LogP contribution in [0.4, 0.5) is 5.69 Å². The van der Waals surface area contributed by atoms with Crippen LogP contribution in [0, 0.1) is 13.8 Å². The van der Waals surface area contributed by atoms with Gasteiger partial charge in [-0.1, -0.05) is 12.1 Å². The molecule has 0 spiro atoms. The van der Waals surface area contributed by atoms with Gasteiger partial charge in [-0.25, -0.2) is 4.98 Å². The van der Waals surface area contributed by atoms with E-state index in [1.807, 2.05) is 56.3 Å². The lowest BCUT2D eigenvalue weighted by molar-refractivity contribution is -0.115. The number of hydrogen-bond acceptors (Lipinski definition) is 5. The van der Waals surface area contributed by atoms with Gasteiger partial charge >= 0.3 is 0 Å². The molecule has 0 aliphatic carbocycles. The lowest BCUT2D eigenvalue weighted by Gasteiger charge is -2.10. The highest BCUT2D eigenvalue weighted by Crippen LogP contribution is 2.25. The fourth-order valence-corrected chi connectivity index (χ4v) is 3.38. The number of thiazole rings is 1. The van der Waals surface area contributed by atoms with Gasteiger partial charge in [-0.05, 0) is 55.3 Å². The average molecular weight is 395 g/mol. The van der Waals surface area contributed by atoms with Crippen LogP contribution in [0.25, 0.3) is 10.6 Å². The molecule has 0 saturated carbocycles. The van der Waals surface area contributed by atoms with Gasteiger partial charge in [0.25, 0.3) is 5.91 Å². The minimum Gasteiger partial charge on any atom is -0.497 e. The normalized spacial score (nSPS) is 10.4. The maximum Gasteiger partial charge on any atom is 0.271 e. The van der Waals surface area contributed by atoms with Gasteiger partial charge in [-0.2, -0.15) is 0 Å². The number of benzene rings is 2. The SMILES string of the molecule is COc1ccc(-c2nc(C(=O)NCC(=O)Nc3cccc(C)c3C)cs2)cc1. The van der Waals surface area contributed by atoms with Crippen LogP contribution in [0.2, 0.25) is 0 Å². The first-order valence-electron chi connectivity index (χ1n) is 8.72. The lowest BCUT2D eigenvalue weighted by Crippen LogP contribution is -2.33. The van der Waals surface area contributed by atoms with Crippen molar-refractivity contribution < 1.29 is 14.3 Å². The van der Waals surface area contributed by atoms with Gasteiger partial charge in [0.1, 0.15) is 16.5 Å². The zero-order valence-electron chi connectivity index (χ0n) is 15.9. The molecule has 0 aliphatic rings. The Labute approximate surface area is 167 Å². The highest BCUT2D eigenvalue weighted by molar-refractivity contribution is 7.13. The smallest absolute Gasteiger partial charge is 0.271 e. The van der Waals surface area contributed by atoms with Gasteiger partial charge in [0.2, 0.25) is 5.91 Å². The molecule has 1 heterocycles. The molecule has 7 heteroatoms. The molecule has 2 amide bonds. The minimum atomic E-state index is -0.382. The van der Waals surface area contributed by atoms with Crippen molar-refractivity contribution in [1.29, 1.82) is 0 Å². The number of aryl methyl sites for hydroxylation is 1. The number of aromatic nitrogens is 1. The second kappa shape index (κ2) is 8.67. The summed E-state index contributed by atoms with van der Waals surface area (Å²) in [4.78, 5) is 28.8. The Balaban J connectivity index is 1.58. The molecular formula is C21H21N3O3S. The van der Waals surface area contributed by atoms with Gasteiger partial charge < -0.3 is 15.4 Å². The summed E-state index contributed by atoms with van der Waals surface area (Å²) in [7, 11) is 1.61. The Morgan fingerprint density at radius 2 is 1.86 bits per heavy atom. The van der Waals surface area contributed by atoms with E-state index in [1.54, 1.807) is 12.5 Å². The first-order chi connectivity index (χ1) is 13.5. The third kappa shape index (κ3) is 4.55. The van der Waals surface area contributed by atoms with E-state index in [2.05, 4.69) is 15.6 Å². The van der Waals surface area contributed by atoms with Crippen LogP contribution in [0.1, 0.15) is 21.6 Å². The summed E-state index contributed by atoms with van der Waals surface area (Å²) in [5.74, 6) is 0.0907. The van der Waals surface area contributed by atoms with E-state index in [0.717, 1.165) is 33.1 Å². The summed E-state index contributed by atoms with van der Waals surface area (Å²) in [6.45, 7) is 3.80. The molecule has 0 radical (unpaired) electrons. The van der Waals surface area contributed by atoms with E-state index in [-0.39, 0.29) is 24.1 Å². The van der Waals surface area contributed by atoms with E-state index < -0.39 is 0 Å². The first-order valence-corrected chi connectivity index (χ1v) is 9.60. The number of carbonyl (C=O) groups excluding carboxylic acids is 2. The van der Waals surface area contributed by atoms with E-state index in [1.165, 1.54) is 11.3 Å². The van der Waals surface area contributed by atoms with Gasteiger partial charge in [0.15, 0.2) is 0 Å². The topological polar surface area (TPSA) is 80.3 Å². The van der Waals surface area contributed by atoms with Crippen LogP contribution in [0.15, 0.2) is 47.8 Å². The fourth-order valence-electron chi connectivity index (χ4n) is 2.58. The van der Waals surface area contributed by atoms with Crippen LogP contribution in [0.3, 0.4) is 0 Å². The van der Waals surface area contributed by atoms with E-state index in [9.17, 15) is 9.59 Å². The number of nitrogens with one attached hydrogen (secondary N) is 2. The largest absolute Gasteiger partial charge is 0.497 e. The molecule has 3 aromatic rings. The minimum absolute atomic E-state index is 0.123. The Kier molecular flexibility index (Phi) is 6.06. The van der Waals surface area contributed by atoms with Crippen molar-refractivity contribution in [2.24, 2.45) is 0 Å². The van der Waals surface area contributed by atoms with Crippen molar-refractivity contribution in [2.75, 3.05) is 19.0 Å². The number of ether oxygens (including phenoxy) is 1. The van der Waals surface area contributed by atoms with Gasteiger partial charge in [-0.15, -0.1) is 11.3 Å². The monoisotopic (exact) mass is 395 g/mol. The van der Waals surface area contributed by atoms with Crippen molar-refractivity contribution in [3.05, 3.63) is 64.7 Å². The van der Waals surface area contributed by atoms with Crippen LogP contribution in [-0.2, 0) is 4.79 Å². The molecule has 6 nitrogen and oxygen atoms in total. The standard InChI is InChI=1S/C21H21N3O3S/c1-13-5-4-6-17(14(13)2)23-19(25)11-22-20(26)18-12-28-21(24-18)15-7-9-16(27-3)10-8-15/h4-10,12H,11H2,1-3H3,(H,22,26)(H,23,25). The number of anilines is 1. The summed E-state index contributed by atoms with van der Waals surface area (Å²) in [6, 6.07) is 13.2. The molecule has 3 rings (SSSR count). The van der Waals surface area contributed by atoms with Crippen LogP contribution in [0.5, 0.6) is 5.75 Å². The lowest BCUT2D eigenvalue weighted by atomic mass is 10.1. The van der Waals surface area contributed by atoms with Crippen LogP contribution in [-0.4, -0.2) is 30.5 Å². The number of carbonyl (C=O) groups is 2. The molecule has 2 aromatic carbocycles. The highest BCUT2D eigenvalue weighted by Gasteiger charge is 2.14. The van der Waals surface area contributed by atoms with Gasteiger partial charge in [0, 0.05) is 16.6 Å². The predicted octanol–water partition coefficient (Wildman–Crippen LogP) is 3.80. The zero-order chi connectivity index (χ0) is 20.1. The summed E-state index contributed by atoms with van der Waals surface area (Å²) >= 11 is 1.37. The number of methoxy groups -OCH3 is 1. The molecule has 0 atom stereocenters. The molecule has 0 unspecified atom stereocenters. The quantitative estimate of drug-likeness (QED) is 0.665. The van der Waals surface area contributed by atoms with Crippen molar-refractivity contribution in [3.8, 4) is 16.3 Å². The maximum atomic E-state index is 12.3. The molecule has 1 aromatic heterocycles. The summed E-state index contributed by atoms with van der Waals surface area (Å²) in [6.07, 6.45) is 0. The number of hydrogen-bond donors (Lipinski definition) is 2. The van der Waals surface area contributed by atoms with Crippen molar-refractivity contribution >= 4 is 28.8 Å². The average Bonchev–Trinajstić information content (AvgIpc) is 3.20. The van der Waals surface area contributed by atoms with Crippen molar-refractivity contribution in [2.45, 2.75) is 13.8 Å². The van der Waals surface area contributed by atoms with Gasteiger partial charge in [0.05, 0.1) is 13.7 Å². The summed E-state index contributed by atoms with van der Waals surface area (Å²) < 4.78 is 5.14. The Bertz CT molecular complexity index is 996. The second-order valence-corrected chi connectivity index (χ2v) is 7.10. The first kappa shape index (κ1) is 19.6. The summed E-state index contributed by atoms with van der Waals surface area (Å²) in [5.41, 5.74) is 4.03. The third-order valence-corrected chi connectivity index (χ3v) is 5.25. The molecule has 0 fully saturated rings. The highest BCUT2D eigenvalue weighted by atomic mass is 32.1. The molecule has 2 N–H and O–H groups in total. The zero-order valence-corrected chi connectivity index (χ0v) is 16.7. The molecule has 144 valence electrons. The fraction of sp³-hybridized carbons (Fsp3) is 0.190. The molecule has 28 heavy (non-hydrogen) atoms. The number of nitrogens with zero attached hydrogens (tertiary/aromatic N) is 1. The number of rotatable bonds is 6. The van der Waals surface area contributed by atoms with E-state index >= 15 is 0 Å². The molecule has 0 saturated heterocycles.